The van der Waals surface area contributed by atoms with Crippen LogP contribution in [0.1, 0.15) is 23.7 Å². The van der Waals surface area contributed by atoms with Gasteiger partial charge in [0.25, 0.3) is 12.6 Å². The van der Waals surface area contributed by atoms with Crippen molar-refractivity contribution < 1.29 is 18.9 Å². The summed E-state index contributed by atoms with van der Waals surface area (Å²) in [6.07, 6.45) is 5.26. The normalized spacial score (nSPS) is 15.7. The molecule has 2 aliphatic rings. The van der Waals surface area contributed by atoms with Crippen LogP contribution in [0.5, 0.6) is 0 Å². The number of hydrogen-bond acceptors (Lipinski definition) is 8. The highest BCUT2D eigenvalue weighted by molar-refractivity contribution is 5.57. The van der Waals surface area contributed by atoms with Gasteiger partial charge in [0.1, 0.15) is 25.0 Å². The Hall–Kier alpha value is -3.94. The lowest BCUT2D eigenvalue weighted by Gasteiger charge is -2.11. The Morgan fingerprint density at radius 3 is 1.11 bits per heavy atom. The molecule has 28 heavy (non-hydrogen) atoms. The molecule has 0 unspecified atom stereocenters. The second-order valence-corrected chi connectivity index (χ2v) is 6.04. The molecule has 8 heteroatoms. The van der Waals surface area contributed by atoms with Crippen LogP contribution in [0, 0.1) is 0 Å². The Morgan fingerprint density at radius 1 is 0.464 bits per heavy atom. The van der Waals surface area contributed by atoms with Gasteiger partial charge >= 0.3 is 0 Å². The van der Waals surface area contributed by atoms with Gasteiger partial charge in [-0.25, -0.2) is 0 Å². The first-order valence-electron chi connectivity index (χ1n) is 8.57. The lowest BCUT2D eigenvalue weighted by Crippen LogP contribution is -2.01. The van der Waals surface area contributed by atoms with Crippen LogP contribution in [0.2, 0.25) is 0 Å². The molecule has 0 atom stereocenters. The van der Waals surface area contributed by atoms with Crippen LogP contribution in [0.15, 0.2) is 73.6 Å². The number of aromatic nitrogens is 4. The van der Waals surface area contributed by atoms with Crippen molar-refractivity contribution in [3.05, 3.63) is 84.7 Å². The molecular formula is C20H14N4O4. The third-order valence-corrected chi connectivity index (χ3v) is 4.28. The quantitative estimate of drug-likeness (QED) is 0.684. The monoisotopic (exact) mass is 374 g/mol. The SMILES string of the molecule is C1=COC(c2ccc(-c3nnc(-c4ccc(C5OC=CO5)cc4)nn3)cc2)O1. The first-order valence-corrected chi connectivity index (χ1v) is 8.57. The van der Waals surface area contributed by atoms with Crippen molar-refractivity contribution >= 4 is 0 Å². The minimum absolute atomic E-state index is 0.410. The van der Waals surface area contributed by atoms with Crippen molar-refractivity contribution in [2.24, 2.45) is 0 Å². The van der Waals surface area contributed by atoms with Gasteiger partial charge in [0.15, 0.2) is 0 Å². The maximum absolute atomic E-state index is 5.31. The van der Waals surface area contributed by atoms with E-state index in [4.69, 9.17) is 18.9 Å². The minimum atomic E-state index is -0.410. The molecule has 0 bridgehead atoms. The molecule has 0 N–H and O–H groups in total. The molecule has 2 aliphatic heterocycles. The van der Waals surface area contributed by atoms with E-state index in [1.54, 1.807) is 0 Å². The van der Waals surface area contributed by atoms with Crippen LogP contribution in [0.4, 0.5) is 0 Å². The van der Waals surface area contributed by atoms with E-state index in [1.165, 1.54) is 25.0 Å². The van der Waals surface area contributed by atoms with E-state index in [2.05, 4.69) is 20.4 Å². The van der Waals surface area contributed by atoms with Gasteiger partial charge in [0.2, 0.25) is 11.6 Å². The smallest absolute Gasteiger partial charge is 0.266 e. The maximum Gasteiger partial charge on any atom is 0.266 e. The van der Waals surface area contributed by atoms with E-state index in [0.717, 1.165) is 22.3 Å². The fraction of sp³-hybridized carbons (Fsp3) is 0.100. The van der Waals surface area contributed by atoms with Gasteiger partial charge in [-0.15, -0.1) is 20.4 Å². The van der Waals surface area contributed by atoms with Crippen molar-refractivity contribution in [2.45, 2.75) is 12.6 Å². The first-order chi connectivity index (χ1) is 13.9. The maximum atomic E-state index is 5.31. The summed E-state index contributed by atoms with van der Waals surface area (Å²) < 4.78 is 21.2. The lowest BCUT2D eigenvalue weighted by atomic mass is 10.1. The van der Waals surface area contributed by atoms with E-state index in [-0.39, 0.29) is 0 Å². The molecule has 0 fully saturated rings. The predicted molar refractivity (Wildman–Crippen MR) is 96.6 cm³/mol. The van der Waals surface area contributed by atoms with Gasteiger partial charge in [0.05, 0.1) is 0 Å². The topological polar surface area (TPSA) is 88.5 Å². The number of benzene rings is 2. The molecule has 3 heterocycles. The Balaban J connectivity index is 1.31. The molecule has 2 aromatic carbocycles. The van der Waals surface area contributed by atoms with Gasteiger partial charge in [-0.1, -0.05) is 48.5 Å². The summed E-state index contributed by atoms with van der Waals surface area (Å²) in [7, 11) is 0. The van der Waals surface area contributed by atoms with Gasteiger partial charge in [-0.2, -0.15) is 0 Å². The minimum Gasteiger partial charge on any atom is -0.455 e. The van der Waals surface area contributed by atoms with Crippen molar-refractivity contribution in [1.29, 1.82) is 0 Å². The van der Waals surface area contributed by atoms with Crippen LogP contribution in [0.3, 0.4) is 0 Å². The van der Waals surface area contributed by atoms with E-state index >= 15 is 0 Å². The van der Waals surface area contributed by atoms with Gasteiger partial charge in [0, 0.05) is 22.3 Å². The molecule has 0 aliphatic carbocycles. The summed E-state index contributed by atoms with van der Waals surface area (Å²) in [5.41, 5.74) is 3.41. The summed E-state index contributed by atoms with van der Waals surface area (Å²) in [6.45, 7) is 0. The molecular weight excluding hydrogens is 360 g/mol. The number of ether oxygens (including phenoxy) is 4. The number of rotatable bonds is 4. The van der Waals surface area contributed by atoms with E-state index in [1.807, 2.05) is 48.5 Å². The fourth-order valence-corrected chi connectivity index (χ4v) is 2.83. The zero-order valence-corrected chi connectivity index (χ0v) is 14.5. The molecule has 0 saturated heterocycles. The van der Waals surface area contributed by atoms with Crippen molar-refractivity contribution in [1.82, 2.24) is 20.4 Å². The van der Waals surface area contributed by atoms with Crippen LogP contribution in [-0.4, -0.2) is 20.4 Å². The van der Waals surface area contributed by atoms with Crippen molar-refractivity contribution in [3.8, 4) is 22.8 Å². The van der Waals surface area contributed by atoms with E-state index in [9.17, 15) is 0 Å². The number of nitrogens with zero attached hydrogens (tertiary/aromatic N) is 4. The fourth-order valence-electron chi connectivity index (χ4n) is 2.83. The Kier molecular flexibility index (Phi) is 4.06. The molecule has 0 radical (unpaired) electrons. The summed E-state index contributed by atoms with van der Waals surface area (Å²) in [4.78, 5) is 0. The van der Waals surface area contributed by atoms with Crippen LogP contribution in [-0.2, 0) is 18.9 Å². The molecule has 3 aromatic rings. The average molecular weight is 374 g/mol. The molecule has 5 rings (SSSR count). The second kappa shape index (κ2) is 6.99. The average Bonchev–Trinajstić information content (AvgIpc) is 3.49. The lowest BCUT2D eigenvalue weighted by molar-refractivity contribution is -0.0248. The zero-order chi connectivity index (χ0) is 18.8. The van der Waals surface area contributed by atoms with Crippen molar-refractivity contribution in [2.75, 3.05) is 0 Å². The van der Waals surface area contributed by atoms with E-state index < -0.39 is 12.6 Å². The van der Waals surface area contributed by atoms with Gasteiger partial charge < -0.3 is 18.9 Å². The van der Waals surface area contributed by atoms with Crippen LogP contribution < -0.4 is 0 Å². The summed E-state index contributed by atoms with van der Waals surface area (Å²) >= 11 is 0. The highest BCUT2D eigenvalue weighted by Crippen LogP contribution is 2.27. The standard InChI is InChI=1S/C20H14N4O4/c1-5-15(19-25-9-10-26-19)6-2-13(1)17-21-23-18(24-22-17)14-3-7-16(8-4-14)20-27-11-12-28-20/h1-12,19-20H. The Labute approximate surface area is 160 Å². The van der Waals surface area contributed by atoms with Gasteiger partial charge in [-0.3, -0.25) is 0 Å². The summed E-state index contributed by atoms with van der Waals surface area (Å²) in [5, 5.41) is 16.8. The van der Waals surface area contributed by atoms with Crippen LogP contribution in [0.25, 0.3) is 22.8 Å². The first kappa shape index (κ1) is 16.2. The van der Waals surface area contributed by atoms with Gasteiger partial charge in [-0.05, 0) is 0 Å². The molecule has 1 aromatic heterocycles. The molecule has 0 amide bonds. The second-order valence-electron chi connectivity index (χ2n) is 6.04. The van der Waals surface area contributed by atoms with Crippen molar-refractivity contribution in [3.63, 3.8) is 0 Å². The van der Waals surface area contributed by atoms with E-state index in [0.29, 0.717) is 11.6 Å². The number of hydrogen-bond donors (Lipinski definition) is 0. The summed E-state index contributed by atoms with van der Waals surface area (Å²) in [5.74, 6) is 0.884. The van der Waals surface area contributed by atoms with Crippen LogP contribution >= 0.6 is 0 Å². The Bertz CT molecular complexity index is 917. The largest absolute Gasteiger partial charge is 0.455 e. The Morgan fingerprint density at radius 2 is 0.786 bits per heavy atom. The molecule has 138 valence electrons. The molecule has 0 spiro atoms. The third-order valence-electron chi connectivity index (χ3n) is 4.28. The summed E-state index contributed by atoms with van der Waals surface area (Å²) in [6, 6.07) is 15.1. The molecule has 0 saturated carbocycles. The third kappa shape index (κ3) is 3.11. The highest BCUT2D eigenvalue weighted by atomic mass is 16.7. The highest BCUT2D eigenvalue weighted by Gasteiger charge is 2.17. The zero-order valence-electron chi connectivity index (χ0n) is 14.5. The molecule has 8 nitrogen and oxygen atoms in total. The predicted octanol–water partition coefficient (Wildman–Crippen LogP) is 3.63.